The molecule has 0 saturated carbocycles. The van der Waals surface area contributed by atoms with Gasteiger partial charge in [-0.15, -0.1) is 11.8 Å². The highest BCUT2D eigenvalue weighted by Crippen LogP contribution is 2.00. The van der Waals surface area contributed by atoms with E-state index in [1.54, 1.807) is 0 Å². The fourth-order valence-electron chi connectivity index (χ4n) is 1.02. The van der Waals surface area contributed by atoms with Crippen LogP contribution in [0, 0.1) is 23.7 Å². The zero-order valence-electron chi connectivity index (χ0n) is 8.95. The summed E-state index contributed by atoms with van der Waals surface area (Å²) in [7, 11) is 0. The van der Waals surface area contributed by atoms with Crippen LogP contribution in [0.25, 0.3) is 0 Å². The molecule has 0 amide bonds. The first-order valence-corrected chi connectivity index (χ1v) is 5.33. The zero-order valence-corrected chi connectivity index (χ0v) is 8.95. The third-order valence-corrected chi connectivity index (χ3v) is 1.76. The molecule has 0 rings (SSSR count). The van der Waals surface area contributed by atoms with Gasteiger partial charge in [0, 0.05) is 12.8 Å². The van der Waals surface area contributed by atoms with Gasteiger partial charge in [-0.2, -0.15) is 0 Å². The molecule has 0 aromatic carbocycles. The molecule has 0 aliphatic heterocycles. The maximum Gasteiger partial charge on any atom is 0.0702 e. The lowest BCUT2D eigenvalue weighted by Gasteiger charge is -1.91. The first-order valence-electron chi connectivity index (χ1n) is 5.33. The van der Waals surface area contributed by atoms with Crippen LogP contribution in [0.4, 0.5) is 0 Å². The smallest absolute Gasteiger partial charge is 0.0702 e. The van der Waals surface area contributed by atoms with E-state index < -0.39 is 0 Å². The predicted octanol–water partition coefficient (Wildman–Crippen LogP) is 3.76. The highest BCUT2D eigenvalue weighted by Gasteiger charge is 1.82. The van der Waals surface area contributed by atoms with E-state index >= 15 is 0 Å². The van der Waals surface area contributed by atoms with Crippen LogP contribution in [-0.2, 0) is 0 Å². The molecule has 0 bridgehead atoms. The molecule has 0 heteroatoms. The predicted molar refractivity (Wildman–Crippen MR) is 59.2 cm³/mol. The van der Waals surface area contributed by atoms with Gasteiger partial charge in [0.1, 0.15) is 0 Å². The quantitative estimate of drug-likeness (QED) is 0.452. The monoisotopic (exact) mass is 176 g/mol. The summed E-state index contributed by atoms with van der Waals surface area (Å²) in [5.41, 5.74) is 0. The SMILES string of the molecule is CCC#CCC#CCCCCCC. The van der Waals surface area contributed by atoms with Gasteiger partial charge < -0.3 is 0 Å². The topological polar surface area (TPSA) is 0 Å². The van der Waals surface area contributed by atoms with Gasteiger partial charge in [-0.25, -0.2) is 0 Å². The Labute approximate surface area is 83.1 Å². The maximum atomic E-state index is 3.15. The Kier molecular flexibility index (Phi) is 10.4. The average molecular weight is 176 g/mol. The third kappa shape index (κ3) is 11.1. The van der Waals surface area contributed by atoms with E-state index in [1.165, 1.54) is 25.7 Å². The Bertz CT molecular complexity index is 204. The maximum absolute atomic E-state index is 3.15. The summed E-state index contributed by atoms with van der Waals surface area (Å²) in [6.07, 6.45) is 7.97. The van der Waals surface area contributed by atoms with Gasteiger partial charge in [0.2, 0.25) is 0 Å². The van der Waals surface area contributed by atoms with Gasteiger partial charge in [0.25, 0.3) is 0 Å². The van der Waals surface area contributed by atoms with Crippen LogP contribution in [0.3, 0.4) is 0 Å². The first kappa shape index (κ1) is 12.1. The molecule has 0 nitrogen and oxygen atoms in total. The Morgan fingerprint density at radius 1 is 0.769 bits per heavy atom. The average Bonchev–Trinajstić information content (AvgIpc) is 2.16. The van der Waals surface area contributed by atoms with Gasteiger partial charge in [-0.05, 0) is 6.42 Å². The van der Waals surface area contributed by atoms with E-state index in [4.69, 9.17) is 0 Å². The lowest BCUT2D eigenvalue weighted by atomic mass is 10.1. The highest BCUT2D eigenvalue weighted by molar-refractivity contribution is 5.11. The fourth-order valence-corrected chi connectivity index (χ4v) is 1.02. The van der Waals surface area contributed by atoms with Crippen molar-refractivity contribution in [3.8, 4) is 23.7 Å². The Morgan fingerprint density at radius 2 is 1.54 bits per heavy atom. The van der Waals surface area contributed by atoms with Crippen LogP contribution in [0.2, 0.25) is 0 Å². The van der Waals surface area contributed by atoms with E-state index in [2.05, 4.69) is 37.5 Å². The molecule has 0 saturated heterocycles. The molecule has 0 atom stereocenters. The van der Waals surface area contributed by atoms with Gasteiger partial charge >= 0.3 is 0 Å². The molecule has 0 radical (unpaired) electrons. The third-order valence-electron chi connectivity index (χ3n) is 1.76. The second kappa shape index (κ2) is 11.1. The van der Waals surface area contributed by atoms with Crippen LogP contribution in [0.1, 0.15) is 58.8 Å². The highest BCUT2D eigenvalue weighted by atomic mass is 13.9. The van der Waals surface area contributed by atoms with E-state index in [1.807, 2.05) is 0 Å². The Balaban J connectivity index is 3.20. The van der Waals surface area contributed by atoms with Crippen molar-refractivity contribution < 1.29 is 0 Å². The summed E-state index contributed by atoms with van der Waals surface area (Å²) in [6.45, 7) is 4.29. The van der Waals surface area contributed by atoms with Crippen molar-refractivity contribution in [2.75, 3.05) is 0 Å². The summed E-state index contributed by atoms with van der Waals surface area (Å²) < 4.78 is 0. The molecule has 0 unspecified atom stereocenters. The fraction of sp³-hybridized carbons (Fsp3) is 0.692. The van der Waals surface area contributed by atoms with Gasteiger partial charge in [0.15, 0.2) is 0 Å². The molecule has 0 aromatic heterocycles. The van der Waals surface area contributed by atoms with E-state index in [-0.39, 0.29) is 0 Å². The Hall–Kier alpha value is -0.880. The molecule has 0 fully saturated rings. The molecular weight excluding hydrogens is 156 g/mol. The van der Waals surface area contributed by atoms with Crippen LogP contribution in [-0.4, -0.2) is 0 Å². The number of rotatable bonds is 4. The summed E-state index contributed by atoms with van der Waals surface area (Å²) in [5, 5.41) is 0. The lowest BCUT2D eigenvalue weighted by Crippen LogP contribution is -1.73. The van der Waals surface area contributed by atoms with Crippen molar-refractivity contribution in [1.82, 2.24) is 0 Å². The molecule has 72 valence electrons. The molecule has 0 spiro atoms. The molecule has 0 aliphatic carbocycles. The van der Waals surface area contributed by atoms with Gasteiger partial charge in [-0.1, -0.05) is 45.0 Å². The summed E-state index contributed by atoms with van der Waals surface area (Å²) in [5.74, 6) is 12.2. The second-order valence-corrected chi connectivity index (χ2v) is 3.05. The molecular formula is C13H20. The molecule has 0 aliphatic rings. The van der Waals surface area contributed by atoms with Crippen molar-refractivity contribution >= 4 is 0 Å². The van der Waals surface area contributed by atoms with Crippen LogP contribution in [0.15, 0.2) is 0 Å². The van der Waals surface area contributed by atoms with Crippen LogP contribution >= 0.6 is 0 Å². The number of hydrogen-bond donors (Lipinski definition) is 0. The van der Waals surface area contributed by atoms with E-state index in [0.717, 1.165) is 19.3 Å². The number of hydrogen-bond acceptors (Lipinski definition) is 0. The van der Waals surface area contributed by atoms with Crippen molar-refractivity contribution in [3.63, 3.8) is 0 Å². The molecule has 0 aromatic rings. The minimum atomic E-state index is 0.752. The standard InChI is InChI=1S/C13H20/c1-3-5-7-9-11-13-12-10-8-6-4-2/h3-5,7,9-11H2,1-2H3. The summed E-state index contributed by atoms with van der Waals surface area (Å²) in [6, 6.07) is 0. The van der Waals surface area contributed by atoms with Crippen LogP contribution in [0.5, 0.6) is 0 Å². The first-order chi connectivity index (χ1) is 6.41. The molecule has 0 heterocycles. The normalized spacial score (nSPS) is 8.15. The molecule has 0 N–H and O–H groups in total. The minimum absolute atomic E-state index is 0.752. The lowest BCUT2D eigenvalue weighted by molar-refractivity contribution is 0.679. The Morgan fingerprint density at radius 3 is 2.23 bits per heavy atom. The van der Waals surface area contributed by atoms with Crippen molar-refractivity contribution in [2.45, 2.75) is 58.8 Å². The van der Waals surface area contributed by atoms with Gasteiger partial charge in [-0.3, -0.25) is 0 Å². The van der Waals surface area contributed by atoms with E-state index in [9.17, 15) is 0 Å². The van der Waals surface area contributed by atoms with E-state index in [0.29, 0.717) is 0 Å². The molecule has 13 heavy (non-hydrogen) atoms. The van der Waals surface area contributed by atoms with Crippen molar-refractivity contribution in [3.05, 3.63) is 0 Å². The minimum Gasteiger partial charge on any atom is -0.103 e. The van der Waals surface area contributed by atoms with Crippen LogP contribution < -0.4 is 0 Å². The summed E-state index contributed by atoms with van der Waals surface area (Å²) in [4.78, 5) is 0. The second-order valence-electron chi connectivity index (χ2n) is 3.05. The van der Waals surface area contributed by atoms with Crippen molar-refractivity contribution in [2.24, 2.45) is 0 Å². The summed E-state index contributed by atoms with van der Waals surface area (Å²) >= 11 is 0. The number of unbranched alkanes of at least 4 members (excludes halogenated alkanes) is 4. The van der Waals surface area contributed by atoms with Gasteiger partial charge in [0.05, 0.1) is 6.42 Å². The van der Waals surface area contributed by atoms with Crippen molar-refractivity contribution in [1.29, 1.82) is 0 Å². The zero-order chi connectivity index (χ0) is 9.78. The largest absolute Gasteiger partial charge is 0.103 e.